The number of carbonyl (C=O) groups excluding carboxylic acids is 1. The molecule has 2 aromatic carbocycles. The van der Waals surface area contributed by atoms with Crippen molar-refractivity contribution in [3.8, 4) is 11.5 Å². The Labute approximate surface area is 229 Å². The molecular formula is C28H34N4O6Si. The van der Waals surface area contributed by atoms with Gasteiger partial charge in [0.2, 0.25) is 0 Å². The molecule has 11 heteroatoms. The summed E-state index contributed by atoms with van der Waals surface area (Å²) in [4.78, 5) is 15.3. The molecule has 0 atom stereocenters. The summed E-state index contributed by atoms with van der Waals surface area (Å²) in [6.07, 6.45) is 5.95. The lowest BCUT2D eigenvalue weighted by molar-refractivity contribution is -0.00869. The minimum Gasteiger partial charge on any atom is -0.496 e. The number of fused-ring (bicyclic) bond motifs is 6. The van der Waals surface area contributed by atoms with E-state index in [1.165, 1.54) is 6.08 Å². The Bertz CT molecular complexity index is 1260. The van der Waals surface area contributed by atoms with Crippen LogP contribution in [-0.2, 0) is 26.4 Å². The van der Waals surface area contributed by atoms with Gasteiger partial charge in [0.25, 0.3) is 0 Å². The quantitative estimate of drug-likeness (QED) is 0.202. The highest BCUT2D eigenvalue weighted by Gasteiger charge is 2.43. The maximum absolute atomic E-state index is 12.9. The molecule has 3 saturated heterocycles. The average molecular weight is 551 g/mol. The van der Waals surface area contributed by atoms with Crippen LogP contribution in [0.25, 0.3) is 6.08 Å². The molecule has 3 aliphatic rings. The van der Waals surface area contributed by atoms with Crippen LogP contribution in [0.4, 0.5) is 0 Å². The second-order valence-electron chi connectivity index (χ2n) is 9.37. The molecule has 0 spiro atoms. The van der Waals surface area contributed by atoms with E-state index in [4.69, 9.17) is 22.8 Å². The van der Waals surface area contributed by atoms with E-state index in [1.807, 2.05) is 42.6 Å². The molecule has 0 radical (unpaired) electrons. The number of ether oxygens (including phenoxy) is 2. The normalized spacial score (nSPS) is 21.3. The third kappa shape index (κ3) is 7.19. The predicted molar refractivity (Wildman–Crippen MR) is 147 cm³/mol. The van der Waals surface area contributed by atoms with Crippen LogP contribution >= 0.6 is 0 Å². The van der Waals surface area contributed by atoms with Crippen molar-refractivity contribution in [3.05, 3.63) is 77.6 Å². The van der Waals surface area contributed by atoms with Crippen LogP contribution in [0.2, 0.25) is 6.04 Å². The zero-order chi connectivity index (χ0) is 26.9. The molecule has 3 aromatic rings. The van der Waals surface area contributed by atoms with Crippen molar-refractivity contribution in [1.29, 1.82) is 0 Å². The first kappa shape index (κ1) is 27.2. The standard InChI is InChI=1S/C28H34N4O6Si/c1-34-27-9-4-2-7-23(27)11-12-26(33)25-8-3-5-10-28(25)35-22-24-21-32(30-29-24)13-6-20-39-36-17-14-31(15-18-37-39)16-19-38-39/h2-5,7-12,21H,6,13-20,22H2,1H3/b12-11+. The summed E-state index contributed by atoms with van der Waals surface area (Å²) in [5, 5.41) is 8.48. The van der Waals surface area contributed by atoms with Gasteiger partial charge in [-0.1, -0.05) is 35.5 Å². The van der Waals surface area contributed by atoms with Crippen LogP contribution < -0.4 is 9.47 Å². The summed E-state index contributed by atoms with van der Waals surface area (Å²) in [7, 11) is -1.04. The highest BCUT2D eigenvalue weighted by Crippen LogP contribution is 2.24. The molecule has 3 fully saturated rings. The largest absolute Gasteiger partial charge is 0.501 e. The maximum Gasteiger partial charge on any atom is 0.501 e. The van der Waals surface area contributed by atoms with Gasteiger partial charge in [0.05, 0.1) is 38.7 Å². The number of para-hydroxylation sites is 2. The highest BCUT2D eigenvalue weighted by atomic mass is 28.4. The molecule has 1 aromatic heterocycles. The van der Waals surface area contributed by atoms with Crippen molar-refractivity contribution in [3.63, 3.8) is 0 Å². The smallest absolute Gasteiger partial charge is 0.496 e. The zero-order valence-corrected chi connectivity index (χ0v) is 23.2. The van der Waals surface area contributed by atoms with Crippen LogP contribution in [0.1, 0.15) is 28.0 Å². The molecule has 0 N–H and O–H groups in total. The van der Waals surface area contributed by atoms with Gasteiger partial charge in [-0.15, -0.1) is 5.10 Å². The van der Waals surface area contributed by atoms with E-state index in [0.29, 0.717) is 49.1 Å². The van der Waals surface area contributed by atoms with Gasteiger partial charge in [0.1, 0.15) is 23.8 Å². The lowest BCUT2D eigenvalue weighted by atomic mass is 10.1. The topological polar surface area (TPSA) is 97.2 Å². The molecule has 4 heterocycles. The first-order valence-corrected chi connectivity index (χ1v) is 15.2. The second kappa shape index (κ2) is 13.1. The van der Waals surface area contributed by atoms with Gasteiger partial charge in [-0.2, -0.15) is 0 Å². The molecule has 39 heavy (non-hydrogen) atoms. The number of benzene rings is 2. The maximum atomic E-state index is 12.9. The van der Waals surface area contributed by atoms with Crippen molar-refractivity contribution in [1.82, 2.24) is 19.9 Å². The van der Waals surface area contributed by atoms with E-state index >= 15 is 0 Å². The fourth-order valence-electron chi connectivity index (χ4n) is 4.65. The SMILES string of the molecule is COc1ccccc1/C=C/C(=O)c1ccccc1OCc1cn(CCC[Si]23OCCN(CCO2)CCO3)nn1. The van der Waals surface area contributed by atoms with E-state index in [9.17, 15) is 4.79 Å². The van der Waals surface area contributed by atoms with E-state index in [1.54, 1.807) is 30.0 Å². The highest BCUT2D eigenvalue weighted by molar-refractivity contribution is 6.60. The van der Waals surface area contributed by atoms with Crippen molar-refractivity contribution in [2.75, 3.05) is 46.6 Å². The Kier molecular flexibility index (Phi) is 9.17. The van der Waals surface area contributed by atoms with Crippen molar-refractivity contribution < 1.29 is 27.5 Å². The van der Waals surface area contributed by atoms with E-state index in [-0.39, 0.29) is 12.4 Å². The molecule has 0 unspecified atom stereocenters. The minimum absolute atomic E-state index is 0.161. The van der Waals surface area contributed by atoms with Crippen LogP contribution in [-0.4, -0.2) is 81.0 Å². The number of nitrogens with zero attached hydrogens (tertiary/aromatic N) is 4. The third-order valence-corrected chi connectivity index (χ3v) is 9.62. The summed E-state index contributed by atoms with van der Waals surface area (Å²) < 4.78 is 31.5. The number of carbonyl (C=O) groups is 1. The fourth-order valence-corrected chi connectivity index (χ4v) is 7.13. The number of aryl methyl sites for hydroxylation is 1. The van der Waals surface area contributed by atoms with Crippen LogP contribution in [0.5, 0.6) is 11.5 Å². The number of allylic oxidation sites excluding steroid dienone is 1. The second-order valence-corrected chi connectivity index (χ2v) is 12.1. The summed E-state index contributed by atoms with van der Waals surface area (Å²) in [6, 6.07) is 15.5. The van der Waals surface area contributed by atoms with Crippen LogP contribution in [0.3, 0.4) is 0 Å². The van der Waals surface area contributed by atoms with E-state index < -0.39 is 8.80 Å². The molecule has 0 aliphatic carbocycles. The Hall–Kier alpha value is -3.35. The van der Waals surface area contributed by atoms with E-state index in [0.717, 1.165) is 37.7 Å². The lowest BCUT2D eigenvalue weighted by Gasteiger charge is -2.38. The first-order chi connectivity index (χ1) is 19.1. The Morgan fingerprint density at radius 3 is 2.44 bits per heavy atom. The lowest BCUT2D eigenvalue weighted by Crippen LogP contribution is -2.55. The predicted octanol–water partition coefficient (Wildman–Crippen LogP) is 3.47. The van der Waals surface area contributed by atoms with Gasteiger partial charge >= 0.3 is 8.80 Å². The van der Waals surface area contributed by atoms with Gasteiger partial charge in [0.15, 0.2) is 5.78 Å². The Morgan fingerprint density at radius 1 is 1.00 bits per heavy atom. The number of methoxy groups -OCH3 is 1. The van der Waals surface area contributed by atoms with Gasteiger partial charge in [0, 0.05) is 37.8 Å². The first-order valence-electron chi connectivity index (χ1n) is 13.2. The molecule has 0 amide bonds. The fraction of sp³-hybridized carbons (Fsp3) is 0.393. The summed E-state index contributed by atoms with van der Waals surface area (Å²) in [5.41, 5.74) is 1.98. The number of aromatic nitrogens is 3. The number of hydrogen-bond acceptors (Lipinski definition) is 9. The molecule has 206 valence electrons. The molecule has 6 rings (SSSR count). The average Bonchev–Trinajstić information content (AvgIpc) is 3.39. The number of ketones is 1. The zero-order valence-electron chi connectivity index (χ0n) is 22.2. The molecule has 0 saturated carbocycles. The number of rotatable bonds is 11. The molecule has 2 bridgehead atoms. The summed E-state index contributed by atoms with van der Waals surface area (Å²) in [6.45, 7) is 5.62. The Morgan fingerprint density at radius 2 is 1.69 bits per heavy atom. The molecule has 3 aliphatic heterocycles. The van der Waals surface area contributed by atoms with Crippen LogP contribution in [0.15, 0.2) is 60.8 Å². The monoisotopic (exact) mass is 550 g/mol. The summed E-state index contributed by atoms with van der Waals surface area (Å²) in [5.74, 6) is 1.03. The third-order valence-electron chi connectivity index (χ3n) is 6.73. The van der Waals surface area contributed by atoms with Gasteiger partial charge in [-0.25, -0.2) is 0 Å². The van der Waals surface area contributed by atoms with Crippen molar-refractivity contribution in [2.24, 2.45) is 0 Å². The Balaban J connectivity index is 1.15. The van der Waals surface area contributed by atoms with E-state index in [2.05, 4.69) is 15.2 Å². The van der Waals surface area contributed by atoms with Gasteiger partial charge in [-0.3, -0.25) is 14.4 Å². The van der Waals surface area contributed by atoms with Crippen molar-refractivity contribution >= 4 is 20.7 Å². The molecule has 10 nitrogen and oxygen atoms in total. The van der Waals surface area contributed by atoms with Gasteiger partial charge < -0.3 is 22.8 Å². The van der Waals surface area contributed by atoms with Gasteiger partial charge in [-0.05, 0) is 36.8 Å². The molecular weight excluding hydrogens is 516 g/mol. The van der Waals surface area contributed by atoms with Crippen molar-refractivity contribution in [2.45, 2.75) is 25.6 Å². The minimum atomic E-state index is -2.64. The summed E-state index contributed by atoms with van der Waals surface area (Å²) >= 11 is 0. The number of hydrogen-bond donors (Lipinski definition) is 0. The van der Waals surface area contributed by atoms with Crippen LogP contribution in [0, 0.1) is 0 Å².